The number of carbonyl (C=O) groups excluding carboxylic acids is 2. The molecule has 1 aliphatic carbocycles. The van der Waals surface area contributed by atoms with Crippen LogP contribution < -0.4 is 10.6 Å². The number of urea groups is 1. The Morgan fingerprint density at radius 2 is 1.85 bits per heavy atom. The van der Waals surface area contributed by atoms with Crippen LogP contribution >= 0.6 is 0 Å². The zero-order valence-electron chi connectivity index (χ0n) is 12.0. The van der Waals surface area contributed by atoms with E-state index in [4.69, 9.17) is 5.11 Å². The molecule has 1 atom stereocenters. The summed E-state index contributed by atoms with van der Waals surface area (Å²) < 4.78 is 0. The van der Waals surface area contributed by atoms with Gasteiger partial charge in [-0.05, 0) is 26.7 Å². The van der Waals surface area contributed by atoms with E-state index in [-0.39, 0.29) is 30.3 Å². The quantitative estimate of drug-likeness (QED) is 0.562. The van der Waals surface area contributed by atoms with Crippen molar-refractivity contribution in [2.24, 2.45) is 5.92 Å². The monoisotopic (exact) mass is 285 g/mol. The van der Waals surface area contributed by atoms with Crippen molar-refractivity contribution >= 4 is 17.9 Å². The van der Waals surface area contributed by atoms with Crippen LogP contribution in [0.25, 0.3) is 0 Å². The van der Waals surface area contributed by atoms with E-state index in [2.05, 4.69) is 10.6 Å². The van der Waals surface area contributed by atoms with Gasteiger partial charge in [-0.2, -0.15) is 0 Å². The van der Waals surface area contributed by atoms with E-state index in [1.54, 1.807) is 13.8 Å². The molecule has 114 valence electrons. The molecule has 3 N–H and O–H groups in total. The van der Waals surface area contributed by atoms with Crippen LogP contribution in [0.4, 0.5) is 4.79 Å². The molecule has 1 aliphatic rings. The van der Waals surface area contributed by atoms with Gasteiger partial charge in [-0.15, -0.1) is 0 Å². The first kappa shape index (κ1) is 16.3. The lowest BCUT2D eigenvalue weighted by Crippen LogP contribution is -2.47. The lowest BCUT2D eigenvalue weighted by atomic mass is 10.2. The Kier molecular flexibility index (Phi) is 6.27. The van der Waals surface area contributed by atoms with Gasteiger partial charge < -0.3 is 20.6 Å². The van der Waals surface area contributed by atoms with E-state index in [9.17, 15) is 14.4 Å². The second-order valence-electron chi connectivity index (χ2n) is 5.03. The summed E-state index contributed by atoms with van der Waals surface area (Å²) in [6.07, 6.45) is 1.82. The Morgan fingerprint density at radius 1 is 1.25 bits per heavy atom. The molecular formula is C13H23N3O4. The molecule has 0 aromatic rings. The zero-order valence-corrected chi connectivity index (χ0v) is 12.0. The summed E-state index contributed by atoms with van der Waals surface area (Å²) in [6.45, 7) is 4.67. The number of rotatable bonds is 8. The maximum atomic E-state index is 11.9. The highest BCUT2D eigenvalue weighted by Gasteiger charge is 2.29. The molecule has 7 heteroatoms. The third-order valence-corrected chi connectivity index (χ3v) is 3.25. The molecule has 0 aliphatic heterocycles. The predicted octanol–water partition coefficient (Wildman–Crippen LogP) is 0.407. The molecule has 3 amide bonds. The van der Waals surface area contributed by atoms with Crippen LogP contribution in [0.1, 0.15) is 33.1 Å². The van der Waals surface area contributed by atoms with Crippen molar-refractivity contribution in [1.82, 2.24) is 15.5 Å². The maximum Gasteiger partial charge on any atom is 0.317 e. The molecule has 0 heterocycles. The molecule has 0 saturated heterocycles. The van der Waals surface area contributed by atoms with Gasteiger partial charge in [0.25, 0.3) is 0 Å². The molecule has 1 rings (SSSR count). The minimum atomic E-state index is -0.930. The zero-order chi connectivity index (χ0) is 15.1. The number of nitrogens with one attached hydrogen (secondary N) is 2. The van der Waals surface area contributed by atoms with Gasteiger partial charge >= 0.3 is 12.0 Å². The lowest BCUT2D eigenvalue weighted by molar-refractivity contribution is -0.138. The summed E-state index contributed by atoms with van der Waals surface area (Å²) >= 11 is 0. The number of aliphatic carboxylic acids is 1. The number of carboxylic acids is 1. The molecule has 0 spiro atoms. The first-order valence-electron chi connectivity index (χ1n) is 6.99. The van der Waals surface area contributed by atoms with E-state index < -0.39 is 5.97 Å². The fraction of sp³-hybridized carbons (Fsp3) is 0.769. The fourth-order valence-corrected chi connectivity index (χ4v) is 1.96. The Balaban J connectivity index is 2.24. The maximum absolute atomic E-state index is 11.9. The molecule has 1 fully saturated rings. The Labute approximate surface area is 118 Å². The summed E-state index contributed by atoms with van der Waals surface area (Å²) in [5.74, 6) is -0.722. The number of hydrogen-bond donors (Lipinski definition) is 3. The number of nitrogens with zero attached hydrogens (tertiary/aromatic N) is 1. The highest BCUT2D eigenvalue weighted by atomic mass is 16.4. The van der Waals surface area contributed by atoms with Crippen molar-refractivity contribution in [2.75, 3.05) is 19.6 Å². The van der Waals surface area contributed by atoms with Gasteiger partial charge in [0.1, 0.15) is 0 Å². The van der Waals surface area contributed by atoms with Crippen molar-refractivity contribution < 1.29 is 19.5 Å². The first-order chi connectivity index (χ1) is 9.45. The van der Waals surface area contributed by atoms with Crippen LogP contribution in [0.3, 0.4) is 0 Å². The third kappa shape index (κ3) is 5.46. The standard InChI is InChI=1S/C13H23N3O4/c1-3-16(9(2)8-11(17)18)13(20)15-7-6-14-12(19)10-4-5-10/h9-10H,3-8H2,1-2H3,(H,14,19)(H,15,20)(H,17,18). The van der Waals surface area contributed by atoms with E-state index in [0.29, 0.717) is 19.6 Å². The number of carboxylic acid groups (broad SMARTS) is 1. The van der Waals surface area contributed by atoms with E-state index in [1.165, 1.54) is 4.90 Å². The summed E-state index contributed by atoms with van der Waals surface area (Å²) in [5, 5.41) is 14.2. The summed E-state index contributed by atoms with van der Waals surface area (Å²) in [4.78, 5) is 35.4. The molecule has 1 unspecified atom stereocenters. The molecule has 0 aromatic carbocycles. The summed E-state index contributed by atoms with van der Waals surface area (Å²) in [6, 6.07) is -0.666. The molecule has 0 bridgehead atoms. The summed E-state index contributed by atoms with van der Waals surface area (Å²) in [7, 11) is 0. The molecular weight excluding hydrogens is 262 g/mol. The minimum Gasteiger partial charge on any atom is -0.481 e. The molecule has 0 radical (unpaired) electrons. The number of carbonyl (C=O) groups is 3. The van der Waals surface area contributed by atoms with Crippen LogP contribution in [0.15, 0.2) is 0 Å². The van der Waals surface area contributed by atoms with Gasteiger partial charge in [-0.1, -0.05) is 0 Å². The molecule has 20 heavy (non-hydrogen) atoms. The van der Waals surface area contributed by atoms with E-state index in [0.717, 1.165) is 12.8 Å². The van der Waals surface area contributed by atoms with E-state index >= 15 is 0 Å². The average Bonchev–Trinajstić information content (AvgIpc) is 3.18. The van der Waals surface area contributed by atoms with Crippen molar-refractivity contribution in [3.63, 3.8) is 0 Å². The largest absolute Gasteiger partial charge is 0.481 e. The van der Waals surface area contributed by atoms with Crippen LogP contribution in [0.2, 0.25) is 0 Å². The van der Waals surface area contributed by atoms with E-state index in [1.807, 2.05) is 0 Å². The predicted molar refractivity (Wildman–Crippen MR) is 73.2 cm³/mol. The van der Waals surface area contributed by atoms with Crippen molar-refractivity contribution in [2.45, 2.75) is 39.2 Å². The molecule has 1 saturated carbocycles. The van der Waals surface area contributed by atoms with Gasteiger partial charge in [0.05, 0.1) is 6.42 Å². The van der Waals surface area contributed by atoms with Crippen molar-refractivity contribution in [3.05, 3.63) is 0 Å². The van der Waals surface area contributed by atoms with Crippen LogP contribution in [0.5, 0.6) is 0 Å². The highest BCUT2D eigenvalue weighted by Crippen LogP contribution is 2.28. The van der Waals surface area contributed by atoms with Crippen LogP contribution in [0, 0.1) is 5.92 Å². The van der Waals surface area contributed by atoms with Crippen molar-refractivity contribution in [1.29, 1.82) is 0 Å². The summed E-state index contributed by atoms with van der Waals surface area (Å²) in [5.41, 5.74) is 0. The molecule has 0 aromatic heterocycles. The van der Waals surface area contributed by atoms with Gasteiger partial charge in [-0.3, -0.25) is 9.59 Å². The average molecular weight is 285 g/mol. The first-order valence-corrected chi connectivity index (χ1v) is 6.99. The van der Waals surface area contributed by atoms with Gasteiger partial charge in [0.15, 0.2) is 0 Å². The third-order valence-electron chi connectivity index (χ3n) is 3.25. The fourth-order valence-electron chi connectivity index (χ4n) is 1.96. The van der Waals surface area contributed by atoms with Crippen molar-refractivity contribution in [3.8, 4) is 0 Å². The van der Waals surface area contributed by atoms with Crippen LogP contribution in [-0.2, 0) is 9.59 Å². The van der Waals surface area contributed by atoms with Gasteiger partial charge in [0.2, 0.25) is 5.91 Å². The van der Waals surface area contributed by atoms with Gasteiger partial charge in [-0.25, -0.2) is 4.79 Å². The smallest absolute Gasteiger partial charge is 0.317 e. The Bertz CT molecular complexity index is 369. The minimum absolute atomic E-state index is 0.0471. The number of hydrogen-bond acceptors (Lipinski definition) is 3. The van der Waals surface area contributed by atoms with Gasteiger partial charge in [0, 0.05) is 31.6 Å². The second kappa shape index (κ2) is 7.72. The Morgan fingerprint density at radius 3 is 2.35 bits per heavy atom. The lowest BCUT2D eigenvalue weighted by Gasteiger charge is -2.27. The molecule has 7 nitrogen and oxygen atoms in total. The second-order valence-corrected chi connectivity index (χ2v) is 5.03. The topological polar surface area (TPSA) is 98.7 Å². The highest BCUT2D eigenvalue weighted by molar-refractivity contribution is 5.81. The van der Waals surface area contributed by atoms with Crippen LogP contribution in [-0.4, -0.2) is 53.6 Å². The SMILES string of the molecule is CCN(C(=O)NCCNC(=O)C1CC1)C(C)CC(=O)O. The normalized spacial score (nSPS) is 15.3. The Hall–Kier alpha value is -1.79. The number of amides is 3.